The summed E-state index contributed by atoms with van der Waals surface area (Å²) in [5.41, 5.74) is 5.54. The molecule has 19 heavy (non-hydrogen) atoms. The van der Waals surface area contributed by atoms with Gasteiger partial charge in [0.1, 0.15) is 5.71 Å². The van der Waals surface area contributed by atoms with Crippen LogP contribution in [0.15, 0.2) is 47.6 Å². The SMILES string of the molecule is C/C(=N/O)C(=O)c1ccc2c(c1)Cc1ccccc1-2. The topological polar surface area (TPSA) is 49.7 Å². The molecule has 0 unspecified atom stereocenters. The number of carbonyl (C=O) groups is 1. The second-order valence-corrected chi connectivity index (χ2v) is 4.72. The van der Waals surface area contributed by atoms with Crippen LogP contribution >= 0.6 is 0 Å². The average molecular weight is 251 g/mol. The van der Waals surface area contributed by atoms with Crippen LogP contribution in [0.1, 0.15) is 28.4 Å². The highest BCUT2D eigenvalue weighted by Crippen LogP contribution is 2.36. The van der Waals surface area contributed by atoms with Crippen LogP contribution in [0.3, 0.4) is 0 Å². The Labute approximate surface area is 111 Å². The molecule has 0 saturated carbocycles. The highest BCUT2D eigenvalue weighted by atomic mass is 16.4. The molecule has 0 spiro atoms. The maximum absolute atomic E-state index is 12.0. The predicted octanol–water partition coefficient (Wildman–Crippen LogP) is 3.29. The van der Waals surface area contributed by atoms with Crippen molar-refractivity contribution < 1.29 is 10.0 Å². The van der Waals surface area contributed by atoms with Crippen molar-refractivity contribution >= 4 is 11.5 Å². The molecule has 3 nitrogen and oxygen atoms in total. The number of hydrogen-bond acceptors (Lipinski definition) is 3. The molecule has 94 valence electrons. The first-order chi connectivity index (χ1) is 9.20. The third-order valence-corrected chi connectivity index (χ3v) is 3.53. The molecule has 0 atom stereocenters. The lowest BCUT2D eigenvalue weighted by atomic mass is 10.0. The number of oxime groups is 1. The van der Waals surface area contributed by atoms with Gasteiger partial charge in [0.15, 0.2) is 0 Å². The van der Waals surface area contributed by atoms with E-state index in [1.165, 1.54) is 23.6 Å². The van der Waals surface area contributed by atoms with Crippen LogP contribution in [-0.2, 0) is 6.42 Å². The summed E-state index contributed by atoms with van der Waals surface area (Å²) >= 11 is 0. The lowest BCUT2D eigenvalue weighted by molar-refractivity contribution is 0.106. The van der Waals surface area contributed by atoms with Crippen molar-refractivity contribution in [3.05, 3.63) is 59.2 Å². The van der Waals surface area contributed by atoms with E-state index in [1.807, 2.05) is 24.3 Å². The summed E-state index contributed by atoms with van der Waals surface area (Å²) in [7, 11) is 0. The van der Waals surface area contributed by atoms with Crippen molar-refractivity contribution in [3.63, 3.8) is 0 Å². The third-order valence-electron chi connectivity index (χ3n) is 3.53. The second-order valence-electron chi connectivity index (χ2n) is 4.72. The van der Waals surface area contributed by atoms with Gasteiger partial charge in [0.25, 0.3) is 0 Å². The average Bonchev–Trinajstić information content (AvgIpc) is 2.83. The van der Waals surface area contributed by atoms with E-state index < -0.39 is 0 Å². The number of ketones is 1. The second kappa shape index (κ2) is 4.35. The van der Waals surface area contributed by atoms with Crippen molar-refractivity contribution in [2.24, 2.45) is 5.16 Å². The van der Waals surface area contributed by atoms with Crippen LogP contribution in [0, 0.1) is 0 Å². The molecule has 0 fully saturated rings. The Hall–Kier alpha value is -2.42. The van der Waals surface area contributed by atoms with Gasteiger partial charge in [-0.3, -0.25) is 4.79 Å². The summed E-state index contributed by atoms with van der Waals surface area (Å²) in [6.45, 7) is 1.50. The van der Waals surface area contributed by atoms with Gasteiger partial charge in [0.2, 0.25) is 5.78 Å². The zero-order valence-electron chi connectivity index (χ0n) is 10.6. The monoisotopic (exact) mass is 251 g/mol. The molecule has 2 aromatic rings. The molecule has 0 amide bonds. The van der Waals surface area contributed by atoms with Crippen LogP contribution in [0.4, 0.5) is 0 Å². The standard InChI is InChI=1S/C16H13NO2/c1-10(17-19)16(18)12-6-7-15-13(9-12)8-11-4-2-3-5-14(11)15/h2-7,9,19H,8H2,1H3/b17-10-. The smallest absolute Gasteiger partial charge is 0.210 e. The van der Waals surface area contributed by atoms with Crippen molar-refractivity contribution in [1.29, 1.82) is 0 Å². The van der Waals surface area contributed by atoms with E-state index in [-0.39, 0.29) is 11.5 Å². The fourth-order valence-corrected chi connectivity index (χ4v) is 2.54. The Morgan fingerprint density at radius 1 is 1.11 bits per heavy atom. The lowest BCUT2D eigenvalue weighted by Crippen LogP contribution is -2.10. The van der Waals surface area contributed by atoms with Crippen molar-refractivity contribution in [2.45, 2.75) is 13.3 Å². The number of benzene rings is 2. The molecule has 1 N–H and O–H groups in total. The molecule has 3 heteroatoms. The zero-order chi connectivity index (χ0) is 13.4. The van der Waals surface area contributed by atoms with Crippen LogP contribution < -0.4 is 0 Å². The molecular weight excluding hydrogens is 238 g/mol. The fourth-order valence-electron chi connectivity index (χ4n) is 2.54. The van der Waals surface area contributed by atoms with E-state index >= 15 is 0 Å². The highest BCUT2D eigenvalue weighted by Gasteiger charge is 2.20. The van der Waals surface area contributed by atoms with Gasteiger partial charge in [0, 0.05) is 5.56 Å². The van der Waals surface area contributed by atoms with Gasteiger partial charge < -0.3 is 5.21 Å². The molecule has 1 aliphatic rings. The van der Waals surface area contributed by atoms with Crippen LogP contribution in [0.25, 0.3) is 11.1 Å². The van der Waals surface area contributed by atoms with Gasteiger partial charge >= 0.3 is 0 Å². The molecule has 0 radical (unpaired) electrons. The summed E-state index contributed by atoms with van der Waals surface area (Å²) in [4.78, 5) is 12.0. The Morgan fingerprint density at radius 2 is 1.84 bits per heavy atom. The molecule has 0 aliphatic heterocycles. The largest absolute Gasteiger partial charge is 0.411 e. The van der Waals surface area contributed by atoms with Gasteiger partial charge in [-0.1, -0.05) is 41.6 Å². The van der Waals surface area contributed by atoms with E-state index in [9.17, 15) is 4.79 Å². The fraction of sp³-hybridized carbons (Fsp3) is 0.125. The Kier molecular flexibility index (Phi) is 2.67. The van der Waals surface area contributed by atoms with E-state index in [1.54, 1.807) is 6.07 Å². The number of carbonyl (C=O) groups excluding carboxylic acids is 1. The van der Waals surface area contributed by atoms with E-state index in [0.29, 0.717) is 5.56 Å². The van der Waals surface area contributed by atoms with Crippen LogP contribution in [0.5, 0.6) is 0 Å². The number of rotatable bonds is 2. The summed E-state index contributed by atoms with van der Waals surface area (Å²) in [5, 5.41) is 11.6. The first-order valence-electron chi connectivity index (χ1n) is 6.15. The maximum atomic E-state index is 12.0. The molecule has 2 aromatic carbocycles. The maximum Gasteiger partial charge on any atom is 0.210 e. The molecule has 1 aliphatic carbocycles. The first kappa shape index (κ1) is 11.7. The van der Waals surface area contributed by atoms with Crippen LogP contribution in [0.2, 0.25) is 0 Å². The quantitative estimate of drug-likeness (QED) is 0.329. The summed E-state index contributed by atoms with van der Waals surface area (Å²) in [6, 6.07) is 13.9. The number of hydrogen-bond donors (Lipinski definition) is 1. The molecular formula is C16H13NO2. The lowest BCUT2D eigenvalue weighted by Gasteiger charge is -2.04. The van der Waals surface area contributed by atoms with Gasteiger partial charge in [-0.2, -0.15) is 0 Å². The zero-order valence-corrected chi connectivity index (χ0v) is 10.6. The predicted molar refractivity (Wildman–Crippen MR) is 73.9 cm³/mol. The van der Waals surface area contributed by atoms with Crippen molar-refractivity contribution in [2.75, 3.05) is 0 Å². The Balaban J connectivity index is 2.05. The highest BCUT2D eigenvalue weighted by molar-refractivity contribution is 6.45. The minimum absolute atomic E-state index is 0.107. The third kappa shape index (κ3) is 1.83. The van der Waals surface area contributed by atoms with Crippen LogP contribution in [-0.4, -0.2) is 16.7 Å². The van der Waals surface area contributed by atoms with Crippen molar-refractivity contribution in [1.82, 2.24) is 0 Å². The van der Waals surface area contributed by atoms with E-state index in [2.05, 4.69) is 17.3 Å². The number of Topliss-reactive ketones (excluding diaryl/α,β-unsaturated/α-hetero) is 1. The minimum atomic E-state index is -0.235. The Morgan fingerprint density at radius 3 is 2.63 bits per heavy atom. The molecule has 0 bridgehead atoms. The van der Waals surface area contributed by atoms with E-state index in [4.69, 9.17) is 5.21 Å². The molecule has 0 aromatic heterocycles. The van der Waals surface area contributed by atoms with Crippen molar-refractivity contribution in [3.8, 4) is 11.1 Å². The summed E-state index contributed by atoms with van der Waals surface area (Å²) < 4.78 is 0. The van der Waals surface area contributed by atoms with E-state index in [0.717, 1.165) is 12.0 Å². The molecule has 0 heterocycles. The first-order valence-corrected chi connectivity index (χ1v) is 6.15. The normalized spacial score (nSPS) is 13.0. The Bertz CT molecular complexity index is 702. The molecule has 3 rings (SSSR count). The summed E-state index contributed by atoms with van der Waals surface area (Å²) in [6.07, 6.45) is 0.849. The van der Waals surface area contributed by atoms with Gasteiger partial charge in [-0.15, -0.1) is 0 Å². The number of fused-ring (bicyclic) bond motifs is 3. The van der Waals surface area contributed by atoms with Gasteiger partial charge in [-0.25, -0.2) is 0 Å². The molecule has 0 saturated heterocycles. The minimum Gasteiger partial charge on any atom is -0.411 e. The number of nitrogens with zero attached hydrogens (tertiary/aromatic N) is 1. The van der Waals surface area contributed by atoms with Gasteiger partial charge in [-0.05, 0) is 41.7 Å². The summed E-state index contributed by atoms with van der Waals surface area (Å²) in [5.74, 6) is -0.235. The van der Waals surface area contributed by atoms with Gasteiger partial charge in [0.05, 0.1) is 0 Å².